The first-order valence-corrected chi connectivity index (χ1v) is 4.47. The van der Waals surface area contributed by atoms with Crippen LogP contribution in [0.3, 0.4) is 0 Å². The van der Waals surface area contributed by atoms with Crippen molar-refractivity contribution in [3.8, 4) is 0 Å². The molecule has 3 nitrogen and oxygen atoms in total. The average Bonchev–Trinajstić information content (AvgIpc) is 2.55. The summed E-state index contributed by atoms with van der Waals surface area (Å²) in [6.45, 7) is 5.98. The lowest BCUT2D eigenvalue weighted by molar-refractivity contribution is 0.916. The fourth-order valence-corrected chi connectivity index (χ4v) is 1.23. The summed E-state index contributed by atoms with van der Waals surface area (Å²) in [6, 6.07) is 5.74. The Hall–Kier alpha value is -1.51. The number of pyridine rings is 1. The summed E-state index contributed by atoms with van der Waals surface area (Å²) in [5, 5.41) is 4.12. The van der Waals surface area contributed by atoms with Crippen molar-refractivity contribution in [2.45, 2.75) is 20.8 Å². The van der Waals surface area contributed by atoms with Crippen LogP contribution in [0.15, 0.2) is 24.4 Å². The fourth-order valence-electron chi connectivity index (χ4n) is 1.23. The van der Waals surface area contributed by atoms with Gasteiger partial charge in [-0.05, 0) is 25.1 Å². The van der Waals surface area contributed by atoms with Crippen LogP contribution in [-0.2, 0) is 0 Å². The summed E-state index contributed by atoms with van der Waals surface area (Å²) in [5.74, 6) is 0. The van der Waals surface area contributed by atoms with Gasteiger partial charge in [-0.2, -0.15) is 5.10 Å². The molecular formula is C10H15N3. The number of hydrogen-bond acceptors (Lipinski definition) is 2. The van der Waals surface area contributed by atoms with Crippen LogP contribution in [0.1, 0.15) is 19.5 Å². The summed E-state index contributed by atoms with van der Waals surface area (Å²) in [4.78, 5) is 0. The number of anilines is 1. The minimum absolute atomic E-state index is 0.788. The highest BCUT2D eigenvalue weighted by atomic mass is 15.2. The van der Waals surface area contributed by atoms with Crippen LogP contribution < -0.4 is 5.73 Å². The Morgan fingerprint density at radius 2 is 2.00 bits per heavy atom. The zero-order valence-corrected chi connectivity index (χ0v) is 8.28. The second-order valence-corrected chi connectivity index (χ2v) is 2.60. The van der Waals surface area contributed by atoms with E-state index in [4.69, 9.17) is 5.73 Å². The van der Waals surface area contributed by atoms with Gasteiger partial charge >= 0.3 is 0 Å². The molecule has 0 aromatic carbocycles. The minimum atomic E-state index is 0.788. The molecule has 2 rings (SSSR count). The molecule has 0 aliphatic carbocycles. The molecule has 0 fully saturated rings. The maximum atomic E-state index is 5.64. The van der Waals surface area contributed by atoms with Crippen molar-refractivity contribution in [3.63, 3.8) is 0 Å². The Kier molecular flexibility index (Phi) is 2.90. The van der Waals surface area contributed by atoms with Gasteiger partial charge in [0.2, 0.25) is 0 Å². The van der Waals surface area contributed by atoms with Crippen molar-refractivity contribution in [3.05, 3.63) is 30.1 Å². The summed E-state index contributed by atoms with van der Waals surface area (Å²) in [5.41, 5.74) is 8.53. The van der Waals surface area contributed by atoms with Crippen molar-refractivity contribution in [2.24, 2.45) is 0 Å². The molecule has 2 aromatic rings. The smallest absolute Gasteiger partial charge is 0.0685 e. The van der Waals surface area contributed by atoms with Crippen molar-refractivity contribution >= 4 is 11.2 Å². The second kappa shape index (κ2) is 3.94. The van der Waals surface area contributed by atoms with E-state index in [1.165, 1.54) is 0 Å². The van der Waals surface area contributed by atoms with Crippen molar-refractivity contribution in [2.75, 3.05) is 5.73 Å². The summed E-state index contributed by atoms with van der Waals surface area (Å²) >= 11 is 0. The van der Waals surface area contributed by atoms with Gasteiger partial charge in [-0.15, -0.1) is 0 Å². The predicted octanol–water partition coefficient (Wildman–Crippen LogP) is 2.25. The summed E-state index contributed by atoms with van der Waals surface area (Å²) in [6.07, 6.45) is 1.77. The molecule has 2 aromatic heterocycles. The van der Waals surface area contributed by atoms with Gasteiger partial charge in [0.05, 0.1) is 5.52 Å². The highest BCUT2D eigenvalue weighted by Gasteiger charge is 1.96. The quantitative estimate of drug-likeness (QED) is 0.670. The molecule has 0 spiro atoms. The van der Waals surface area contributed by atoms with Crippen LogP contribution in [0.25, 0.3) is 5.52 Å². The molecule has 70 valence electrons. The first-order chi connectivity index (χ1) is 6.27. The summed E-state index contributed by atoms with van der Waals surface area (Å²) in [7, 11) is 0. The molecule has 13 heavy (non-hydrogen) atoms. The number of fused-ring (bicyclic) bond motifs is 1. The van der Waals surface area contributed by atoms with Gasteiger partial charge in [-0.3, -0.25) is 0 Å². The van der Waals surface area contributed by atoms with Crippen molar-refractivity contribution in [1.29, 1.82) is 0 Å². The Morgan fingerprint density at radius 1 is 1.31 bits per heavy atom. The molecule has 0 aliphatic heterocycles. The third-order valence-corrected chi connectivity index (χ3v) is 1.70. The van der Waals surface area contributed by atoms with Gasteiger partial charge in [0.15, 0.2) is 0 Å². The number of aryl methyl sites for hydroxylation is 1. The number of hydrogen-bond donors (Lipinski definition) is 1. The maximum absolute atomic E-state index is 5.64. The minimum Gasteiger partial charge on any atom is -0.399 e. The molecule has 0 saturated carbocycles. The molecule has 0 saturated heterocycles. The molecule has 0 aliphatic rings. The van der Waals surface area contributed by atoms with Gasteiger partial charge in [0.1, 0.15) is 0 Å². The average molecular weight is 177 g/mol. The van der Waals surface area contributed by atoms with Gasteiger partial charge in [0, 0.05) is 17.6 Å². The third kappa shape index (κ3) is 1.80. The van der Waals surface area contributed by atoms with E-state index in [1.807, 2.05) is 43.5 Å². The van der Waals surface area contributed by atoms with E-state index in [0.717, 1.165) is 16.9 Å². The van der Waals surface area contributed by atoms with Gasteiger partial charge < -0.3 is 5.73 Å². The zero-order valence-electron chi connectivity index (χ0n) is 8.28. The number of nitrogen functional groups attached to an aromatic ring is 1. The molecule has 0 amide bonds. The zero-order chi connectivity index (χ0) is 9.84. The van der Waals surface area contributed by atoms with Crippen LogP contribution in [-0.4, -0.2) is 9.61 Å². The van der Waals surface area contributed by atoms with Crippen LogP contribution >= 0.6 is 0 Å². The third-order valence-electron chi connectivity index (χ3n) is 1.70. The Morgan fingerprint density at radius 3 is 2.69 bits per heavy atom. The highest BCUT2D eigenvalue weighted by molar-refractivity contribution is 5.56. The number of rotatable bonds is 0. The fraction of sp³-hybridized carbons (Fsp3) is 0.300. The van der Waals surface area contributed by atoms with E-state index in [-0.39, 0.29) is 0 Å². The van der Waals surface area contributed by atoms with Crippen LogP contribution in [0.2, 0.25) is 0 Å². The van der Waals surface area contributed by atoms with Crippen molar-refractivity contribution in [1.82, 2.24) is 9.61 Å². The lowest BCUT2D eigenvalue weighted by Gasteiger charge is -1.99. The van der Waals surface area contributed by atoms with E-state index in [2.05, 4.69) is 5.10 Å². The molecular weight excluding hydrogens is 162 g/mol. The van der Waals surface area contributed by atoms with E-state index in [9.17, 15) is 0 Å². The van der Waals surface area contributed by atoms with E-state index < -0.39 is 0 Å². The van der Waals surface area contributed by atoms with Crippen LogP contribution in [0.5, 0.6) is 0 Å². The number of nitrogens with zero attached hydrogens (tertiary/aromatic N) is 2. The normalized spacial score (nSPS) is 9.46. The van der Waals surface area contributed by atoms with E-state index in [0.29, 0.717) is 0 Å². The topological polar surface area (TPSA) is 43.3 Å². The highest BCUT2D eigenvalue weighted by Crippen LogP contribution is 2.11. The van der Waals surface area contributed by atoms with Crippen molar-refractivity contribution < 1.29 is 0 Å². The molecule has 0 unspecified atom stereocenters. The molecule has 0 atom stereocenters. The first-order valence-electron chi connectivity index (χ1n) is 4.47. The van der Waals surface area contributed by atoms with E-state index >= 15 is 0 Å². The Bertz CT molecular complexity index is 390. The Balaban J connectivity index is 0.000000396. The van der Waals surface area contributed by atoms with Gasteiger partial charge in [-0.25, -0.2) is 4.52 Å². The molecule has 2 N–H and O–H groups in total. The SMILES string of the molecule is CC.Cc1cc(N)cc2ccnn12. The molecule has 3 heteroatoms. The van der Waals surface area contributed by atoms with Gasteiger partial charge in [0.25, 0.3) is 0 Å². The largest absolute Gasteiger partial charge is 0.399 e. The predicted molar refractivity (Wildman–Crippen MR) is 55.7 cm³/mol. The van der Waals surface area contributed by atoms with Gasteiger partial charge in [-0.1, -0.05) is 13.8 Å². The number of aromatic nitrogens is 2. The monoisotopic (exact) mass is 177 g/mol. The Labute approximate surface area is 78.2 Å². The first kappa shape index (κ1) is 9.58. The van der Waals surface area contributed by atoms with Crippen LogP contribution in [0.4, 0.5) is 5.69 Å². The molecule has 2 heterocycles. The van der Waals surface area contributed by atoms with Crippen LogP contribution in [0, 0.1) is 6.92 Å². The number of nitrogens with two attached hydrogens (primary N) is 1. The lowest BCUT2D eigenvalue weighted by atomic mass is 10.3. The standard InChI is InChI=1S/C8H9N3.C2H6/c1-6-4-7(9)5-8-2-3-10-11(6)8;1-2/h2-5H,9H2,1H3;1-2H3. The molecule has 0 bridgehead atoms. The second-order valence-electron chi connectivity index (χ2n) is 2.60. The molecule has 0 radical (unpaired) electrons. The van der Waals surface area contributed by atoms with E-state index in [1.54, 1.807) is 6.20 Å². The lowest BCUT2D eigenvalue weighted by Crippen LogP contribution is -1.95. The summed E-state index contributed by atoms with van der Waals surface area (Å²) < 4.78 is 1.86. The maximum Gasteiger partial charge on any atom is 0.0685 e.